The third-order valence-corrected chi connectivity index (χ3v) is 4.47. The van der Waals surface area contributed by atoms with Gasteiger partial charge in [0, 0.05) is 5.54 Å². The number of amides is 1. The van der Waals surface area contributed by atoms with Gasteiger partial charge in [-0.15, -0.1) is 0 Å². The molecule has 0 atom stereocenters. The van der Waals surface area contributed by atoms with Crippen molar-refractivity contribution in [3.05, 3.63) is 59.0 Å². The van der Waals surface area contributed by atoms with Gasteiger partial charge in [0.15, 0.2) is 6.61 Å². The SMILES string of the molecule is Cc1noc(C)c1COc1cc2ccccc2cc1C(=O)OCC(=O)NC(C)(C)C. The maximum atomic E-state index is 12.8. The van der Waals surface area contributed by atoms with E-state index in [-0.39, 0.29) is 24.7 Å². The fourth-order valence-corrected chi connectivity index (χ4v) is 3.02. The van der Waals surface area contributed by atoms with Crippen LogP contribution < -0.4 is 10.1 Å². The predicted molar refractivity (Wildman–Crippen MR) is 112 cm³/mol. The van der Waals surface area contributed by atoms with E-state index in [2.05, 4.69) is 10.5 Å². The van der Waals surface area contributed by atoms with Crippen LogP contribution in [-0.2, 0) is 16.1 Å². The number of aromatic nitrogens is 1. The van der Waals surface area contributed by atoms with Crippen molar-refractivity contribution >= 4 is 22.6 Å². The fourth-order valence-electron chi connectivity index (χ4n) is 3.02. The van der Waals surface area contributed by atoms with E-state index in [0.717, 1.165) is 22.0 Å². The van der Waals surface area contributed by atoms with Crippen molar-refractivity contribution in [3.63, 3.8) is 0 Å². The molecule has 0 unspecified atom stereocenters. The third-order valence-electron chi connectivity index (χ3n) is 4.47. The summed E-state index contributed by atoms with van der Waals surface area (Å²) in [5, 5.41) is 8.48. The lowest BCUT2D eigenvalue weighted by atomic mass is 10.1. The lowest BCUT2D eigenvalue weighted by molar-refractivity contribution is -0.125. The zero-order valence-electron chi connectivity index (χ0n) is 17.9. The van der Waals surface area contributed by atoms with Crippen LogP contribution in [0.1, 0.15) is 48.1 Å². The van der Waals surface area contributed by atoms with Gasteiger partial charge in [-0.25, -0.2) is 4.79 Å². The van der Waals surface area contributed by atoms with Crippen molar-refractivity contribution in [2.75, 3.05) is 6.61 Å². The van der Waals surface area contributed by atoms with Crippen molar-refractivity contribution in [1.82, 2.24) is 10.5 Å². The van der Waals surface area contributed by atoms with Gasteiger partial charge in [-0.2, -0.15) is 0 Å². The van der Waals surface area contributed by atoms with E-state index in [1.807, 2.05) is 58.9 Å². The zero-order chi connectivity index (χ0) is 21.9. The quantitative estimate of drug-likeness (QED) is 0.616. The minimum absolute atomic E-state index is 0.199. The number of nitrogens with zero attached hydrogens (tertiary/aromatic N) is 1. The molecule has 0 saturated heterocycles. The first kappa shape index (κ1) is 21.4. The Hall–Kier alpha value is -3.35. The Kier molecular flexibility index (Phi) is 6.10. The molecular formula is C23H26N2O5. The fraction of sp³-hybridized carbons (Fsp3) is 0.348. The van der Waals surface area contributed by atoms with Gasteiger partial charge in [-0.1, -0.05) is 29.4 Å². The highest BCUT2D eigenvalue weighted by molar-refractivity contribution is 5.99. The number of benzene rings is 2. The van der Waals surface area contributed by atoms with Crippen LogP contribution in [0.25, 0.3) is 10.8 Å². The van der Waals surface area contributed by atoms with Crippen LogP contribution in [0.2, 0.25) is 0 Å². The van der Waals surface area contributed by atoms with Gasteiger partial charge < -0.3 is 19.3 Å². The summed E-state index contributed by atoms with van der Waals surface area (Å²) in [6.45, 7) is 9.04. The molecule has 0 radical (unpaired) electrons. The highest BCUT2D eigenvalue weighted by Gasteiger charge is 2.20. The van der Waals surface area contributed by atoms with E-state index >= 15 is 0 Å². The average Bonchev–Trinajstić information content (AvgIpc) is 3.00. The van der Waals surface area contributed by atoms with Gasteiger partial charge in [0.1, 0.15) is 23.7 Å². The molecular weight excluding hydrogens is 384 g/mol. The first-order valence-corrected chi connectivity index (χ1v) is 9.69. The number of rotatable bonds is 6. The number of hydrogen-bond acceptors (Lipinski definition) is 6. The molecule has 0 fully saturated rings. The van der Waals surface area contributed by atoms with Gasteiger partial charge in [0.2, 0.25) is 0 Å². The van der Waals surface area contributed by atoms with E-state index in [1.54, 1.807) is 12.1 Å². The minimum atomic E-state index is -0.626. The van der Waals surface area contributed by atoms with Crippen molar-refractivity contribution < 1.29 is 23.6 Å². The van der Waals surface area contributed by atoms with Gasteiger partial charge in [-0.05, 0) is 57.5 Å². The van der Waals surface area contributed by atoms with Crippen LogP contribution in [0.15, 0.2) is 40.9 Å². The van der Waals surface area contributed by atoms with E-state index in [0.29, 0.717) is 11.5 Å². The molecule has 1 N–H and O–H groups in total. The Labute approximate surface area is 175 Å². The van der Waals surface area contributed by atoms with Crippen LogP contribution in [-0.4, -0.2) is 29.2 Å². The van der Waals surface area contributed by atoms with Crippen LogP contribution in [0.5, 0.6) is 5.75 Å². The zero-order valence-corrected chi connectivity index (χ0v) is 17.9. The van der Waals surface area contributed by atoms with Crippen molar-refractivity contribution in [3.8, 4) is 5.75 Å². The predicted octanol–water partition coefficient (Wildman–Crippen LogP) is 4.10. The highest BCUT2D eigenvalue weighted by Crippen LogP contribution is 2.28. The summed E-state index contributed by atoms with van der Waals surface area (Å²) in [6.07, 6.45) is 0. The Morgan fingerprint density at radius 2 is 1.77 bits per heavy atom. The number of fused-ring (bicyclic) bond motifs is 1. The molecule has 0 aliphatic carbocycles. The molecule has 0 saturated carbocycles. The summed E-state index contributed by atoms with van der Waals surface area (Å²) >= 11 is 0. The van der Waals surface area contributed by atoms with E-state index in [9.17, 15) is 9.59 Å². The van der Waals surface area contributed by atoms with Crippen LogP contribution in [0, 0.1) is 13.8 Å². The molecule has 7 nitrogen and oxygen atoms in total. The normalized spacial score (nSPS) is 11.4. The second kappa shape index (κ2) is 8.57. The van der Waals surface area contributed by atoms with Crippen molar-refractivity contribution in [2.24, 2.45) is 0 Å². The maximum absolute atomic E-state index is 12.8. The first-order chi connectivity index (χ1) is 14.1. The summed E-state index contributed by atoms with van der Waals surface area (Å²) in [7, 11) is 0. The largest absolute Gasteiger partial charge is 0.488 e. The summed E-state index contributed by atoms with van der Waals surface area (Å²) in [6, 6.07) is 11.1. The monoisotopic (exact) mass is 410 g/mol. The Morgan fingerprint density at radius 3 is 2.37 bits per heavy atom. The van der Waals surface area contributed by atoms with Crippen molar-refractivity contribution in [2.45, 2.75) is 46.8 Å². The van der Waals surface area contributed by atoms with Crippen LogP contribution in [0.3, 0.4) is 0 Å². The first-order valence-electron chi connectivity index (χ1n) is 9.69. The number of carbonyl (C=O) groups excluding carboxylic acids is 2. The lowest BCUT2D eigenvalue weighted by Gasteiger charge is -2.20. The minimum Gasteiger partial charge on any atom is -0.488 e. The molecule has 3 rings (SSSR count). The second-order valence-electron chi connectivity index (χ2n) is 8.16. The Bertz CT molecular complexity index is 1060. The molecule has 0 spiro atoms. The molecule has 0 bridgehead atoms. The summed E-state index contributed by atoms with van der Waals surface area (Å²) < 4.78 is 16.4. The molecule has 7 heteroatoms. The van der Waals surface area contributed by atoms with Gasteiger partial charge in [0.05, 0.1) is 11.3 Å². The molecule has 2 aromatic carbocycles. The summed E-state index contributed by atoms with van der Waals surface area (Å²) in [5.41, 5.74) is 1.40. The standard InChI is InChI=1S/C23H26N2O5/c1-14-19(15(2)30-25-14)12-28-20-11-17-9-7-6-8-16(17)10-18(20)22(27)29-13-21(26)24-23(3,4)5/h6-11H,12-13H2,1-5H3,(H,24,26). The summed E-state index contributed by atoms with van der Waals surface area (Å²) in [4.78, 5) is 24.8. The van der Waals surface area contributed by atoms with E-state index in [4.69, 9.17) is 14.0 Å². The molecule has 158 valence electrons. The average molecular weight is 410 g/mol. The lowest BCUT2D eigenvalue weighted by Crippen LogP contribution is -2.42. The molecule has 3 aromatic rings. The second-order valence-corrected chi connectivity index (χ2v) is 8.16. The summed E-state index contributed by atoms with van der Waals surface area (Å²) in [5.74, 6) is 0.0413. The molecule has 0 aliphatic rings. The topological polar surface area (TPSA) is 90.7 Å². The van der Waals surface area contributed by atoms with Gasteiger partial charge in [0.25, 0.3) is 5.91 Å². The number of nitrogens with one attached hydrogen (secondary N) is 1. The molecule has 1 heterocycles. The highest BCUT2D eigenvalue weighted by atomic mass is 16.5. The molecule has 0 aliphatic heterocycles. The number of aryl methyl sites for hydroxylation is 2. The smallest absolute Gasteiger partial charge is 0.342 e. The number of esters is 1. The Balaban J connectivity index is 1.83. The maximum Gasteiger partial charge on any atom is 0.342 e. The molecule has 1 amide bonds. The number of ether oxygens (including phenoxy) is 2. The third kappa shape index (κ3) is 5.17. The van der Waals surface area contributed by atoms with E-state index < -0.39 is 11.5 Å². The van der Waals surface area contributed by atoms with Crippen LogP contribution in [0.4, 0.5) is 0 Å². The van der Waals surface area contributed by atoms with Crippen LogP contribution >= 0.6 is 0 Å². The van der Waals surface area contributed by atoms with Gasteiger partial charge in [-0.3, -0.25) is 4.79 Å². The van der Waals surface area contributed by atoms with Crippen molar-refractivity contribution in [1.29, 1.82) is 0 Å². The number of hydrogen-bond donors (Lipinski definition) is 1. The number of carbonyl (C=O) groups is 2. The Morgan fingerprint density at radius 1 is 1.10 bits per heavy atom. The molecule has 30 heavy (non-hydrogen) atoms. The molecule has 1 aromatic heterocycles. The van der Waals surface area contributed by atoms with E-state index in [1.165, 1.54) is 0 Å². The van der Waals surface area contributed by atoms with Gasteiger partial charge >= 0.3 is 5.97 Å².